The number of β-amino-alcohol motifs (C(OH)–C–C–N with tert-alkyl or cyclic N) is 1. The summed E-state index contributed by atoms with van der Waals surface area (Å²) >= 11 is 1.53. The van der Waals surface area contributed by atoms with Crippen LogP contribution in [0, 0.1) is 41.4 Å². The minimum absolute atomic E-state index is 0. The van der Waals surface area contributed by atoms with Gasteiger partial charge in [-0.05, 0) is 139 Å². The molecule has 22 heteroatoms. The van der Waals surface area contributed by atoms with Gasteiger partial charge in [-0.15, -0.1) is 24.8 Å². The van der Waals surface area contributed by atoms with Gasteiger partial charge in [-0.3, -0.25) is 9.69 Å². The van der Waals surface area contributed by atoms with Crippen molar-refractivity contribution in [2.75, 3.05) is 57.3 Å². The summed E-state index contributed by atoms with van der Waals surface area (Å²) in [5, 5.41) is 55.1. The summed E-state index contributed by atoms with van der Waals surface area (Å²) in [4.78, 5) is 34.9. The zero-order chi connectivity index (χ0) is 60.4. The topological polar surface area (TPSA) is 194 Å². The minimum atomic E-state index is -4.35. The van der Waals surface area contributed by atoms with Crippen molar-refractivity contribution in [3.05, 3.63) is 60.2 Å². The minimum Gasteiger partial charge on any atom is -0.550 e. The van der Waals surface area contributed by atoms with Gasteiger partial charge in [-0.25, -0.2) is 0 Å². The molecule has 0 bridgehead atoms. The maximum absolute atomic E-state index is 14.4. The molecule has 18 unspecified atom stereocenters. The van der Waals surface area contributed by atoms with Crippen molar-refractivity contribution < 1.29 is 102 Å². The number of benzene rings is 2. The second-order valence-corrected chi connectivity index (χ2v) is 26.6. The van der Waals surface area contributed by atoms with Gasteiger partial charge in [0.15, 0.2) is 5.79 Å². The van der Waals surface area contributed by atoms with Crippen LogP contribution in [0.1, 0.15) is 145 Å². The smallest absolute Gasteiger partial charge is 0.550 e. The maximum Gasteiger partial charge on any atom is 1.00 e. The summed E-state index contributed by atoms with van der Waals surface area (Å²) in [6, 6.07) is 11.9. The number of halogens is 5. The number of carbonyl (C=O) groups is 2. The number of ketones is 1. The Labute approximate surface area is 547 Å². The van der Waals surface area contributed by atoms with Gasteiger partial charge in [-0.2, -0.15) is 13.2 Å². The Morgan fingerprint density at radius 2 is 1.48 bits per heavy atom. The largest absolute Gasteiger partial charge is 1.00 e. The van der Waals surface area contributed by atoms with Crippen LogP contribution in [-0.2, 0) is 39.4 Å². The van der Waals surface area contributed by atoms with Gasteiger partial charge in [0.1, 0.15) is 11.9 Å². The second kappa shape index (κ2) is 31.3. The number of Topliss-reactive ketones (excluding diaryl/α,β-unsaturated/α-hetero) is 1. The number of ether oxygens (including phenoxy) is 5. The van der Waals surface area contributed by atoms with Gasteiger partial charge < -0.3 is 63.8 Å². The number of carboxylic acid groups (broad SMARTS) is 1. The van der Waals surface area contributed by atoms with Crippen LogP contribution in [0.5, 0.6) is 0 Å². The molecule has 7 aliphatic heterocycles. The van der Waals surface area contributed by atoms with E-state index in [-0.39, 0.29) is 96.7 Å². The standard InChI is InChI=1S/C42H70O11.C22H26F3N3OS.2ClH.Na/c1-11-29(38(46)47)31-15-14-23(4)36(50-31)27(8)34(44)26(7)35(45)30(12-2)37-24(5)22-25(6)41(51-37)19-16-32(43)42(53-41)21-20-39(10,52-42)33-17-18-40(48,13-3)28(9)49-33;23-22(24,25)17-6-7-21-19(16-17)28(18-4-1-2-5-20(18)30-21)9-3-8-26-10-12-27(13-11-26)14-15-29;;;/h16,19,23-34,36-37,43-44,48H,11-15,17-18,20-22H2,1-10H3,(H,46,47);1-2,4-7,16,29H,3,8-15H2;2*1H;/q;;;;+1/p-1. The van der Waals surface area contributed by atoms with Crippen LogP contribution in [-0.4, -0.2) is 160 Å². The molecule has 9 rings (SSSR count). The van der Waals surface area contributed by atoms with Crippen LogP contribution in [0.25, 0.3) is 0 Å². The molecule has 7 heterocycles. The molecule has 4 N–H and O–H groups in total. The number of piperazine rings is 1. The average Bonchev–Trinajstić information content (AvgIpc) is 1.44. The average molecular weight is 1280 g/mol. The van der Waals surface area contributed by atoms with E-state index in [0.29, 0.717) is 76.6 Å². The molecule has 2 aromatic rings. The Bertz CT molecular complexity index is 2560. The fourth-order valence-electron chi connectivity index (χ4n) is 14.6. The first-order valence-corrected chi connectivity index (χ1v) is 31.8. The second-order valence-electron chi connectivity index (χ2n) is 25.6. The molecule has 482 valence electrons. The van der Waals surface area contributed by atoms with Gasteiger partial charge in [0, 0.05) is 91.0 Å². The SMILES string of the molecule is CCC(C(=O)[O-])C1CCC(C)C(C(C)C(O)C(C)C(=O)C(CC)C2OC3(C=CC(O)C4(CCC(C)(C5CCC(O)(CC)C(C)O5)O4)O3)C(C)CC2C)O1.Cl.Cl.OCCN1CCN(CCCN2c3ccccc3Sc3ccc(C(F)(F)F)cc32)CC1.[Na+]. The van der Waals surface area contributed by atoms with Crippen molar-refractivity contribution in [2.45, 2.75) is 221 Å². The fourth-order valence-corrected chi connectivity index (χ4v) is 15.6. The van der Waals surface area contributed by atoms with Crippen LogP contribution < -0.4 is 39.6 Å². The molecule has 2 spiro atoms. The van der Waals surface area contributed by atoms with E-state index in [1.807, 2.05) is 70.7 Å². The molecule has 86 heavy (non-hydrogen) atoms. The van der Waals surface area contributed by atoms with Gasteiger partial charge in [0.25, 0.3) is 0 Å². The number of rotatable bonds is 18. The number of aliphatic hydroxyl groups is 4. The normalized spacial score (nSPS) is 34.6. The van der Waals surface area contributed by atoms with Crippen LogP contribution in [0.15, 0.2) is 64.4 Å². The third-order valence-corrected chi connectivity index (χ3v) is 21.3. The number of carboxylic acids is 1. The number of nitrogens with zero attached hydrogens (tertiary/aromatic N) is 3. The van der Waals surface area contributed by atoms with E-state index in [0.717, 1.165) is 61.0 Å². The first-order valence-electron chi connectivity index (χ1n) is 31.0. The summed E-state index contributed by atoms with van der Waals surface area (Å²) in [5.41, 5.74) is -0.627. The molecule has 2 aromatic carbocycles. The molecule has 0 radical (unpaired) electrons. The van der Waals surface area contributed by atoms with E-state index in [1.165, 1.54) is 23.9 Å². The van der Waals surface area contributed by atoms with Gasteiger partial charge in [-0.1, -0.05) is 79.3 Å². The zero-order valence-electron chi connectivity index (χ0n) is 52.5. The van der Waals surface area contributed by atoms with E-state index in [9.17, 15) is 43.2 Å². The van der Waals surface area contributed by atoms with E-state index in [4.69, 9.17) is 28.8 Å². The van der Waals surface area contributed by atoms with E-state index in [2.05, 4.69) is 30.6 Å². The Kier molecular flexibility index (Phi) is 27.4. The summed E-state index contributed by atoms with van der Waals surface area (Å²) in [5.74, 6) is -6.24. The number of aliphatic hydroxyl groups excluding tert-OH is 3. The number of anilines is 2. The first kappa shape index (κ1) is 75.1. The number of fused-ring (bicyclic) bond motifs is 2. The van der Waals surface area contributed by atoms with E-state index < -0.39 is 94.7 Å². The first-order chi connectivity index (χ1) is 39.3. The Hall–Kier alpha value is -1.60. The quantitative estimate of drug-likeness (QED) is 0.0879. The van der Waals surface area contributed by atoms with Gasteiger partial charge in [0.2, 0.25) is 5.79 Å². The number of carbonyl (C=O) groups excluding carboxylic acids is 2. The third kappa shape index (κ3) is 16.2. The van der Waals surface area contributed by atoms with Crippen LogP contribution in [0.4, 0.5) is 24.5 Å². The summed E-state index contributed by atoms with van der Waals surface area (Å²) in [7, 11) is 0. The monoisotopic (exact) mass is 1280 g/mol. The molecule has 0 aliphatic carbocycles. The third-order valence-electron chi connectivity index (χ3n) is 20.1. The Morgan fingerprint density at radius 1 is 0.826 bits per heavy atom. The number of para-hydroxylation sites is 1. The van der Waals surface area contributed by atoms with Crippen LogP contribution >= 0.6 is 36.6 Å². The molecule has 0 aromatic heterocycles. The van der Waals surface area contributed by atoms with E-state index in [1.54, 1.807) is 25.1 Å². The predicted octanol–water partition coefficient (Wildman–Crippen LogP) is 7.01. The summed E-state index contributed by atoms with van der Waals surface area (Å²) in [6.07, 6.45) is 1.74. The molecule has 5 fully saturated rings. The molecular formula is C64H97Cl2F3N3NaO12S. The zero-order valence-corrected chi connectivity index (χ0v) is 56.9. The number of alkyl halides is 3. The van der Waals surface area contributed by atoms with Crippen molar-refractivity contribution in [3.63, 3.8) is 0 Å². The maximum atomic E-state index is 14.4. The van der Waals surface area contributed by atoms with Crippen molar-refractivity contribution in [1.29, 1.82) is 0 Å². The molecule has 0 amide bonds. The van der Waals surface area contributed by atoms with Crippen molar-refractivity contribution in [1.82, 2.24) is 9.80 Å². The number of hydrogen-bond donors (Lipinski definition) is 4. The van der Waals surface area contributed by atoms with Crippen LogP contribution in [0.3, 0.4) is 0 Å². The van der Waals surface area contributed by atoms with Crippen molar-refractivity contribution in [2.24, 2.45) is 41.4 Å². The Morgan fingerprint density at radius 3 is 2.09 bits per heavy atom. The molecule has 5 saturated heterocycles. The molecule has 18 atom stereocenters. The number of hydrogen-bond acceptors (Lipinski definition) is 16. The van der Waals surface area contributed by atoms with Gasteiger partial charge in [0.05, 0.1) is 71.4 Å². The predicted molar refractivity (Wildman–Crippen MR) is 324 cm³/mol. The summed E-state index contributed by atoms with van der Waals surface area (Å²) < 4.78 is 73.4. The van der Waals surface area contributed by atoms with Crippen LogP contribution in [0.2, 0.25) is 0 Å². The summed E-state index contributed by atoms with van der Waals surface area (Å²) in [6.45, 7) is 25.8. The fraction of sp³-hybridized carbons (Fsp3) is 0.750. The molecule has 7 aliphatic rings. The van der Waals surface area contributed by atoms with Gasteiger partial charge >= 0.3 is 35.7 Å². The molecule has 15 nitrogen and oxygen atoms in total. The van der Waals surface area contributed by atoms with Crippen molar-refractivity contribution >= 4 is 59.7 Å². The van der Waals surface area contributed by atoms with Crippen molar-refractivity contribution in [3.8, 4) is 0 Å². The number of aliphatic carboxylic acids is 1. The Balaban J connectivity index is 0.000000347. The molecular weight excluding hydrogens is 1190 g/mol. The van der Waals surface area contributed by atoms with E-state index >= 15 is 0 Å². The molecule has 0 saturated carbocycles.